The maximum atomic E-state index is 12.5. The highest BCUT2D eigenvalue weighted by Crippen LogP contribution is 2.21. The summed E-state index contributed by atoms with van der Waals surface area (Å²) in [4.78, 5) is 14.8. The van der Waals surface area contributed by atoms with Gasteiger partial charge in [-0.2, -0.15) is 0 Å². The number of para-hydroxylation sites is 1. The number of benzene rings is 2. The maximum Gasteiger partial charge on any atom is 0.228 e. The molecule has 1 N–H and O–H groups in total. The SMILES string of the molecule is CCN(CC)Cc1cccc(NC(=O)Cc2ccccc2OC(C)C)c1. The molecule has 0 aliphatic heterocycles. The minimum Gasteiger partial charge on any atom is -0.491 e. The fourth-order valence-corrected chi connectivity index (χ4v) is 2.85. The van der Waals surface area contributed by atoms with E-state index in [4.69, 9.17) is 4.74 Å². The van der Waals surface area contributed by atoms with Crippen LogP contribution in [-0.4, -0.2) is 30.0 Å². The van der Waals surface area contributed by atoms with Gasteiger partial charge in [-0.1, -0.05) is 44.2 Å². The molecule has 1 amide bonds. The van der Waals surface area contributed by atoms with Crippen LogP contribution in [0.4, 0.5) is 5.69 Å². The molecule has 0 heterocycles. The molecule has 0 saturated heterocycles. The van der Waals surface area contributed by atoms with Crippen LogP contribution in [0.5, 0.6) is 5.75 Å². The summed E-state index contributed by atoms with van der Waals surface area (Å²) in [5.41, 5.74) is 2.94. The van der Waals surface area contributed by atoms with E-state index < -0.39 is 0 Å². The summed E-state index contributed by atoms with van der Waals surface area (Å²) in [6.45, 7) is 11.2. The van der Waals surface area contributed by atoms with E-state index in [1.807, 2.05) is 56.3 Å². The van der Waals surface area contributed by atoms with Gasteiger partial charge in [0.1, 0.15) is 5.75 Å². The van der Waals surface area contributed by atoms with E-state index in [9.17, 15) is 4.79 Å². The summed E-state index contributed by atoms with van der Waals surface area (Å²) in [6, 6.07) is 15.8. The van der Waals surface area contributed by atoms with Gasteiger partial charge in [0, 0.05) is 17.8 Å². The van der Waals surface area contributed by atoms with Crippen LogP contribution in [0, 0.1) is 0 Å². The largest absolute Gasteiger partial charge is 0.491 e. The van der Waals surface area contributed by atoms with Gasteiger partial charge in [-0.05, 0) is 50.7 Å². The maximum absolute atomic E-state index is 12.5. The lowest BCUT2D eigenvalue weighted by Gasteiger charge is -2.18. The Morgan fingerprint density at radius 3 is 2.50 bits per heavy atom. The first-order valence-electron chi connectivity index (χ1n) is 9.37. The lowest BCUT2D eigenvalue weighted by Crippen LogP contribution is -2.22. The Labute approximate surface area is 157 Å². The van der Waals surface area contributed by atoms with Gasteiger partial charge < -0.3 is 10.1 Å². The summed E-state index contributed by atoms with van der Waals surface area (Å²) >= 11 is 0. The molecule has 0 aromatic heterocycles. The summed E-state index contributed by atoms with van der Waals surface area (Å²) in [7, 11) is 0. The summed E-state index contributed by atoms with van der Waals surface area (Å²) in [5, 5.41) is 3.01. The van der Waals surface area contributed by atoms with Gasteiger partial charge in [0.15, 0.2) is 0 Å². The fraction of sp³-hybridized carbons (Fsp3) is 0.409. The number of carbonyl (C=O) groups excluding carboxylic acids is 1. The molecule has 0 aliphatic carbocycles. The standard InChI is InChI=1S/C22H30N2O2/c1-5-24(6-2)16-18-10-9-12-20(14-18)23-22(25)15-19-11-7-8-13-21(19)26-17(3)4/h7-14,17H,5-6,15-16H2,1-4H3,(H,23,25). The number of ether oxygens (including phenoxy) is 1. The van der Waals surface area contributed by atoms with Crippen molar-refractivity contribution in [2.24, 2.45) is 0 Å². The van der Waals surface area contributed by atoms with Crippen LogP contribution in [0.25, 0.3) is 0 Å². The van der Waals surface area contributed by atoms with Crippen LogP contribution in [0.2, 0.25) is 0 Å². The van der Waals surface area contributed by atoms with E-state index >= 15 is 0 Å². The third-order valence-corrected chi connectivity index (χ3v) is 4.20. The molecule has 140 valence electrons. The molecule has 0 radical (unpaired) electrons. The first-order valence-corrected chi connectivity index (χ1v) is 9.37. The van der Waals surface area contributed by atoms with Gasteiger partial charge in [0.2, 0.25) is 5.91 Å². The average molecular weight is 354 g/mol. The fourth-order valence-electron chi connectivity index (χ4n) is 2.85. The molecule has 0 unspecified atom stereocenters. The number of carbonyl (C=O) groups is 1. The number of anilines is 1. The van der Waals surface area contributed by atoms with E-state index in [0.717, 1.165) is 36.6 Å². The number of rotatable bonds is 9. The van der Waals surface area contributed by atoms with E-state index in [0.29, 0.717) is 6.42 Å². The molecule has 0 spiro atoms. The first-order chi connectivity index (χ1) is 12.5. The molecule has 2 aromatic rings. The van der Waals surface area contributed by atoms with Crippen LogP contribution in [-0.2, 0) is 17.8 Å². The Morgan fingerprint density at radius 2 is 1.81 bits per heavy atom. The Bertz CT molecular complexity index is 709. The molecule has 2 rings (SSSR count). The van der Waals surface area contributed by atoms with Crippen LogP contribution in [0.3, 0.4) is 0 Å². The summed E-state index contributed by atoms with van der Waals surface area (Å²) < 4.78 is 5.80. The molecule has 0 atom stereocenters. The Hall–Kier alpha value is -2.33. The van der Waals surface area contributed by atoms with Gasteiger partial charge in [-0.3, -0.25) is 9.69 Å². The Kier molecular flexibility index (Phi) is 7.67. The van der Waals surface area contributed by atoms with Crippen molar-refractivity contribution in [3.8, 4) is 5.75 Å². The predicted octanol–water partition coefficient (Wildman–Crippen LogP) is 4.50. The van der Waals surface area contributed by atoms with Crippen molar-refractivity contribution in [2.45, 2.75) is 46.8 Å². The predicted molar refractivity (Wildman–Crippen MR) is 108 cm³/mol. The smallest absolute Gasteiger partial charge is 0.228 e. The molecule has 4 nitrogen and oxygen atoms in total. The van der Waals surface area contributed by atoms with Crippen molar-refractivity contribution >= 4 is 11.6 Å². The Morgan fingerprint density at radius 1 is 1.08 bits per heavy atom. The quantitative estimate of drug-likeness (QED) is 0.721. The van der Waals surface area contributed by atoms with Crippen LogP contribution < -0.4 is 10.1 Å². The molecular weight excluding hydrogens is 324 g/mol. The van der Waals surface area contributed by atoms with Gasteiger partial charge in [0.25, 0.3) is 0 Å². The average Bonchev–Trinajstić information content (AvgIpc) is 2.61. The van der Waals surface area contributed by atoms with Crippen LogP contribution >= 0.6 is 0 Å². The van der Waals surface area contributed by atoms with Gasteiger partial charge >= 0.3 is 0 Å². The number of nitrogens with one attached hydrogen (secondary N) is 1. The lowest BCUT2D eigenvalue weighted by molar-refractivity contribution is -0.115. The zero-order chi connectivity index (χ0) is 18.9. The molecule has 2 aromatic carbocycles. The van der Waals surface area contributed by atoms with E-state index in [2.05, 4.69) is 30.1 Å². The minimum absolute atomic E-state index is 0.0372. The Balaban J connectivity index is 2.02. The monoisotopic (exact) mass is 354 g/mol. The van der Waals surface area contributed by atoms with Gasteiger partial charge in [-0.15, -0.1) is 0 Å². The second-order valence-corrected chi connectivity index (χ2v) is 6.66. The van der Waals surface area contributed by atoms with E-state index in [1.54, 1.807) is 0 Å². The van der Waals surface area contributed by atoms with Crippen LogP contribution in [0.15, 0.2) is 48.5 Å². The van der Waals surface area contributed by atoms with Crippen molar-refractivity contribution in [3.63, 3.8) is 0 Å². The minimum atomic E-state index is -0.0372. The molecule has 0 aliphatic rings. The number of hydrogen-bond donors (Lipinski definition) is 1. The third-order valence-electron chi connectivity index (χ3n) is 4.20. The van der Waals surface area contributed by atoms with Gasteiger partial charge in [-0.25, -0.2) is 0 Å². The van der Waals surface area contributed by atoms with Crippen LogP contribution in [0.1, 0.15) is 38.8 Å². The molecule has 4 heteroatoms. The summed E-state index contributed by atoms with van der Waals surface area (Å²) in [5.74, 6) is 0.734. The highest BCUT2D eigenvalue weighted by atomic mass is 16.5. The highest BCUT2D eigenvalue weighted by Gasteiger charge is 2.11. The highest BCUT2D eigenvalue weighted by molar-refractivity contribution is 5.92. The van der Waals surface area contributed by atoms with E-state index in [-0.39, 0.29) is 12.0 Å². The summed E-state index contributed by atoms with van der Waals surface area (Å²) in [6.07, 6.45) is 0.374. The molecule has 0 bridgehead atoms. The topological polar surface area (TPSA) is 41.6 Å². The number of nitrogens with zero attached hydrogens (tertiary/aromatic N) is 1. The van der Waals surface area contributed by atoms with Crippen molar-refractivity contribution in [2.75, 3.05) is 18.4 Å². The second kappa shape index (κ2) is 9.97. The van der Waals surface area contributed by atoms with Gasteiger partial charge in [0.05, 0.1) is 12.5 Å². The lowest BCUT2D eigenvalue weighted by atomic mass is 10.1. The van der Waals surface area contributed by atoms with Crippen molar-refractivity contribution in [1.82, 2.24) is 4.90 Å². The first kappa shape index (κ1) is 20.0. The zero-order valence-electron chi connectivity index (χ0n) is 16.3. The third kappa shape index (κ3) is 6.19. The normalized spacial score (nSPS) is 11.0. The second-order valence-electron chi connectivity index (χ2n) is 6.66. The van der Waals surface area contributed by atoms with E-state index in [1.165, 1.54) is 5.56 Å². The molecule has 0 fully saturated rings. The molecule has 0 saturated carbocycles. The number of amides is 1. The van der Waals surface area contributed by atoms with Crippen molar-refractivity contribution in [1.29, 1.82) is 0 Å². The number of hydrogen-bond acceptors (Lipinski definition) is 3. The molecular formula is C22H30N2O2. The van der Waals surface area contributed by atoms with Crippen molar-refractivity contribution in [3.05, 3.63) is 59.7 Å². The molecule has 26 heavy (non-hydrogen) atoms. The van der Waals surface area contributed by atoms with Crippen molar-refractivity contribution < 1.29 is 9.53 Å². The zero-order valence-corrected chi connectivity index (χ0v) is 16.3.